The van der Waals surface area contributed by atoms with Gasteiger partial charge in [-0.25, -0.2) is 0 Å². The zero-order valence-corrected chi connectivity index (χ0v) is 14.5. The smallest absolute Gasteiger partial charge is 0.239 e. The fraction of sp³-hybridized carbons (Fsp3) is 0.889. The van der Waals surface area contributed by atoms with Gasteiger partial charge in [-0.1, -0.05) is 19.3 Å². The average molecular weight is 321 g/mol. The van der Waals surface area contributed by atoms with Gasteiger partial charge >= 0.3 is 0 Å². The van der Waals surface area contributed by atoms with E-state index in [-0.39, 0.29) is 17.9 Å². The van der Waals surface area contributed by atoms with Crippen LogP contribution in [0.4, 0.5) is 0 Å². The number of likely N-dealkylation sites (tertiary alicyclic amines) is 1. The molecular formula is C18H31N3O2. The largest absolute Gasteiger partial charge is 0.341 e. The second kappa shape index (κ2) is 7.65. The third-order valence-electron chi connectivity index (χ3n) is 5.88. The van der Waals surface area contributed by atoms with Crippen LogP contribution < -0.4 is 0 Å². The van der Waals surface area contributed by atoms with Crippen molar-refractivity contribution >= 4 is 11.8 Å². The first-order valence-electron chi connectivity index (χ1n) is 9.44. The van der Waals surface area contributed by atoms with Crippen LogP contribution in [0.25, 0.3) is 0 Å². The van der Waals surface area contributed by atoms with Crippen molar-refractivity contribution in [3.05, 3.63) is 0 Å². The maximum atomic E-state index is 12.9. The van der Waals surface area contributed by atoms with E-state index in [1.54, 1.807) is 0 Å². The molecule has 3 aliphatic rings. The number of nitrogens with zero attached hydrogens (tertiary/aromatic N) is 3. The quantitative estimate of drug-likeness (QED) is 0.778. The fourth-order valence-electron chi connectivity index (χ4n) is 4.05. The van der Waals surface area contributed by atoms with Crippen molar-refractivity contribution < 1.29 is 9.59 Å². The number of hydrogen-bond acceptors (Lipinski definition) is 3. The van der Waals surface area contributed by atoms with Crippen LogP contribution in [-0.2, 0) is 9.59 Å². The molecule has 0 N–H and O–H groups in total. The van der Waals surface area contributed by atoms with Crippen LogP contribution in [0.15, 0.2) is 0 Å². The molecule has 0 unspecified atom stereocenters. The van der Waals surface area contributed by atoms with Gasteiger partial charge in [0.25, 0.3) is 0 Å². The molecule has 1 saturated carbocycles. The van der Waals surface area contributed by atoms with Crippen molar-refractivity contribution in [1.82, 2.24) is 14.7 Å². The van der Waals surface area contributed by atoms with Gasteiger partial charge in [0.2, 0.25) is 11.8 Å². The average Bonchev–Trinajstić information content (AvgIpc) is 2.85. The standard InChI is InChI=1S/C18H31N3O2/c1-19-10-4-2-3-9-16(19)18(23)21-12-6-11-20(13-14-21)17(22)15-7-5-8-15/h15-16H,2-14H2,1H3/t16-/m1/s1. The first-order chi connectivity index (χ1) is 11.2. The molecule has 3 fully saturated rings. The highest BCUT2D eigenvalue weighted by molar-refractivity contribution is 5.82. The summed E-state index contributed by atoms with van der Waals surface area (Å²) in [6.45, 7) is 4.08. The third kappa shape index (κ3) is 3.87. The zero-order chi connectivity index (χ0) is 16.2. The van der Waals surface area contributed by atoms with Crippen LogP contribution in [0.3, 0.4) is 0 Å². The fourth-order valence-corrected chi connectivity index (χ4v) is 4.05. The normalized spacial score (nSPS) is 28.0. The first-order valence-corrected chi connectivity index (χ1v) is 9.44. The Labute approximate surface area is 140 Å². The third-order valence-corrected chi connectivity index (χ3v) is 5.88. The lowest BCUT2D eigenvalue weighted by Gasteiger charge is -2.32. The molecule has 5 nitrogen and oxygen atoms in total. The van der Waals surface area contributed by atoms with Crippen LogP contribution >= 0.6 is 0 Å². The van der Waals surface area contributed by atoms with Gasteiger partial charge in [-0.3, -0.25) is 14.5 Å². The minimum atomic E-state index is 0.0476. The SMILES string of the molecule is CN1CCCCC[C@@H]1C(=O)N1CCCN(C(=O)C2CCC2)CC1. The molecule has 3 rings (SSSR count). The summed E-state index contributed by atoms with van der Waals surface area (Å²) in [5.74, 6) is 0.884. The summed E-state index contributed by atoms with van der Waals surface area (Å²) >= 11 is 0. The van der Waals surface area contributed by atoms with Gasteiger partial charge in [0, 0.05) is 32.1 Å². The topological polar surface area (TPSA) is 43.9 Å². The molecule has 130 valence electrons. The Morgan fingerprint density at radius 2 is 1.39 bits per heavy atom. The predicted molar refractivity (Wildman–Crippen MR) is 90.0 cm³/mol. The number of likely N-dealkylation sites (N-methyl/N-ethyl adjacent to an activating group) is 1. The predicted octanol–water partition coefficient (Wildman–Crippen LogP) is 1.72. The highest BCUT2D eigenvalue weighted by atomic mass is 16.2. The summed E-state index contributed by atoms with van der Waals surface area (Å²) in [6, 6.07) is 0.0476. The minimum Gasteiger partial charge on any atom is -0.341 e. The molecule has 0 aromatic heterocycles. The van der Waals surface area contributed by atoms with Gasteiger partial charge in [-0.15, -0.1) is 0 Å². The van der Waals surface area contributed by atoms with E-state index in [1.165, 1.54) is 19.3 Å². The lowest BCUT2D eigenvalue weighted by atomic mass is 9.84. The zero-order valence-electron chi connectivity index (χ0n) is 14.5. The van der Waals surface area contributed by atoms with E-state index in [1.807, 2.05) is 9.80 Å². The monoisotopic (exact) mass is 321 g/mol. The van der Waals surface area contributed by atoms with E-state index in [4.69, 9.17) is 0 Å². The molecule has 1 aliphatic carbocycles. The van der Waals surface area contributed by atoms with Crippen molar-refractivity contribution in [1.29, 1.82) is 0 Å². The molecule has 2 aliphatic heterocycles. The molecule has 0 radical (unpaired) electrons. The second-order valence-electron chi connectivity index (χ2n) is 7.48. The van der Waals surface area contributed by atoms with Gasteiger partial charge < -0.3 is 9.80 Å². The van der Waals surface area contributed by atoms with Crippen molar-refractivity contribution in [2.45, 2.75) is 57.4 Å². The van der Waals surface area contributed by atoms with Crippen molar-refractivity contribution in [2.75, 3.05) is 39.8 Å². The number of carbonyl (C=O) groups excluding carboxylic acids is 2. The molecule has 2 heterocycles. The Kier molecular flexibility index (Phi) is 5.57. The van der Waals surface area contributed by atoms with Crippen LogP contribution in [-0.4, -0.2) is 72.3 Å². The van der Waals surface area contributed by atoms with Crippen LogP contribution in [0.1, 0.15) is 51.4 Å². The Morgan fingerprint density at radius 1 is 0.696 bits per heavy atom. The van der Waals surface area contributed by atoms with E-state index in [0.29, 0.717) is 12.5 Å². The van der Waals surface area contributed by atoms with E-state index >= 15 is 0 Å². The van der Waals surface area contributed by atoms with Gasteiger partial charge in [0.1, 0.15) is 0 Å². The highest BCUT2D eigenvalue weighted by Gasteiger charge is 2.33. The van der Waals surface area contributed by atoms with Gasteiger partial charge in [-0.05, 0) is 45.7 Å². The minimum absolute atomic E-state index is 0.0476. The van der Waals surface area contributed by atoms with Crippen LogP contribution in [0, 0.1) is 5.92 Å². The van der Waals surface area contributed by atoms with E-state index in [9.17, 15) is 9.59 Å². The van der Waals surface area contributed by atoms with E-state index < -0.39 is 0 Å². The second-order valence-corrected chi connectivity index (χ2v) is 7.48. The number of hydrogen-bond donors (Lipinski definition) is 0. The molecule has 1 atom stereocenters. The summed E-state index contributed by atoms with van der Waals surface area (Å²) in [6.07, 6.45) is 8.80. The van der Waals surface area contributed by atoms with Crippen molar-refractivity contribution in [3.63, 3.8) is 0 Å². The summed E-state index contributed by atoms with van der Waals surface area (Å²) in [4.78, 5) is 31.6. The Balaban J connectivity index is 1.56. The lowest BCUT2D eigenvalue weighted by Crippen LogP contribution is -2.48. The molecule has 0 aromatic carbocycles. The van der Waals surface area contributed by atoms with Gasteiger partial charge in [0.05, 0.1) is 6.04 Å². The maximum absolute atomic E-state index is 12.9. The number of carbonyl (C=O) groups is 2. The van der Waals surface area contributed by atoms with Gasteiger partial charge in [-0.2, -0.15) is 0 Å². The van der Waals surface area contributed by atoms with Crippen molar-refractivity contribution in [3.8, 4) is 0 Å². The molecule has 0 aromatic rings. The van der Waals surface area contributed by atoms with Gasteiger partial charge in [0.15, 0.2) is 0 Å². The number of amides is 2. The molecule has 23 heavy (non-hydrogen) atoms. The Bertz CT molecular complexity index is 436. The Morgan fingerprint density at radius 3 is 2.04 bits per heavy atom. The first kappa shape index (κ1) is 16.7. The lowest BCUT2D eigenvalue weighted by molar-refractivity contribution is -0.139. The molecule has 5 heteroatoms. The summed E-state index contributed by atoms with van der Waals surface area (Å²) in [5, 5.41) is 0. The highest BCUT2D eigenvalue weighted by Crippen LogP contribution is 2.28. The van der Waals surface area contributed by atoms with E-state index in [2.05, 4.69) is 11.9 Å². The molecule has 2 amide bonds. The molecule has 0 bridgehead atoms. The molecule has 0 spiro atoms. The van der Waals surface area contributed by atoms with E-state index in [0.717, 1.165) is 58.3 Å². The summed E-state index contributed by atoms with van der Waals surface area (Å²) in [7, 11) is 2.08. The van der Waals surface area contributed by atoms with Crippen LogP contribution in [0.5, 0.6) is 0 Å². The Hall–Kier alpha value is -1.10. The van der Waals surface area contributed by atoms with Crippen LogP contribution in [0.2, 0.25) is 0 Å². The molecular weight excluding hydrogens is 290 g/mol. The summed E-state index contributed by atoms with van der Waals surface area (Å²) < 4.78 is 0. The van der Waals surface area contributed by atoms with Crippen molar-refractivity contribution in [2.24, 2.45) is 5.92 Å². The number of rotatable bonds is 2. The molecule has 2 saturated heterocycles. The summed E-state index contributed by atoms with van der Waals surface area (Å²) in [5.41, 5.74) is 0. The maximum Gasteiger partial charge on any atom is 0.239 e.